The summed E-state index contributed by atoms with van der Waals surface area (Å²) < 4.78 is 26.3. The highest BCUT2D eigenvalue weighted by molar-refractivity contribution is 6.72. The SMILES string of the molecule is C[C@@H]1[C@@H]([Si](C)(C)F)[C@H](CCn2cc(C(CO)c3ccccc3)nn2)O[C@@]12C(=O)N(Cc1ccc(N3CN(c4ccccc4)C4(CCNCC4)C3=O)cc1)c1ccc(N3CN(c4ccccc4)C4(CCNCC4)C3=O)cc12. The quantitative estimate of drug-likeness (QED) is 0.0772. The first-order valence-corrected chi connectivity index (χ1v) is 30.0. The summed E-state index contributed by atoms with van der Waals surface area (Å²) >= 11 is 0. The van der Waals surface area contributed by atoms with E-state index in [2.05, 4.69) is 55.0 Å². The molecule has 5 aromatic carbocycles. The second-order valence-corrected chi connectivity index (χ2v) is 26.0. The smallest absolute Gasteiger partial charge is 0.264 e. The number of aliphatic hydroxyl groups excluding tert-OH is 1. The number of hydrogen-bond donors (Lipinski definition) is 3. The van der Waals surface area contributed by atoms with Crippen LogP contribution in [-0.4, -0.2) is 110 Å². The van der Waals surface area contributed by atoms with E-state index in [1.807, 2.05) is 132 Å². The maximum atomic E-state index is 17.2. The Hall–Kier alpha value is -6.76. The van der Waals surface area contributed by atoms with Crippen LogP contribution in [0.2, 0.25) is 18.6 Å². The van der Waals surface area contributed by atoms with Gasteiger partial charge >= 0.3 is 0 Å². The maximum Gasteiger partial charge on any atom is 0.264 e. The van der Waals surface area contributed by atoms with Crippen LogP contribution < -0.4 is 35.1 Å². The number of carbonyl (C=O) groups is 3. The zero-order valence-corrected chi connectivity index (χ0v) is 44.5. The first-order valence-electron chi connectivity index (χ1n) is 27.0. The third-order valence-electron chi connectivity index (χ3n) is 17.7. The van der Waals surface area contributed by atoms with Crippen molar-refractivity contribution in [2.45, 2.75) is 99.5 Å². The summed E-state index contributed by atoms with van der Waals surface area (Å²) in [6, 6.07) is 43.7. The van der Waals surface area contributed by atoms with E-state index in [0.717, 1.165) is 41.3 Å². The number of nitrogens with zero attached hydrogens (tertiary/aromatic N) is 8. The van der Waals surface area contributed by atoms with Crippen LogP contribution in [0.4, 0.5) is 32.5 Å². The van der Waals surface area contributed by atoms with E-state index < -0.39 is 42.6 Å². The number of hydrogen-bond acceptors (Lipinski definition) is 11. The van der Waals surface area contributed by atoms with Gasteiger partial charge in [0.2, 0.25) is 8.41 Å². The molecule has 0 aliphatic carbocycles. The van der Waals surface area contributed by atoms with Crippen molar-refractivity contribution in [3.8, 4) is 0 Å². The molecule has 0 saturated carbocycles. The summed E-state index contributed by atoms with van der Waals surface area (Å²) in [5.74, 6) is -1.11. The van der Waals surface area contributed by atoms with Gasteiger partial charge in [0.1, 0.15) is 11.1 Å². The monoisotopic (exact) mass is 1040 g/mol. The molecule has 15 nitrogen and oxygen atoms in total. The maximum absolute atomic E-state index is 17.2. The largest absolute Gasteiger partial charge is 0.395 e. The minimum absolute atomic E-state index is 0.0129. The standard InChI is InChI=1S/C59H67FN10O5Si/c1-41-53(76(2,3)60)52(25-34-65-37-50(63-64-65)48(38-71)43-13-7-4-8-14-43)75-59(41)49-35-47(68-40-70(46-17-11-6-12-18-46)58(55(68)73)28-32-62-33-29-58)23-24-51(49)66(56(59)74)36-42-19-21-44(22-20-42)67-39-69(45-15-9-5-10-16-45)57(54(67)72)26-30-61-31-27-57/h4-24,35,37,41,48,52-53,61-62,71H,25-34,36,38-40H2,1-3H3/t41-,48?,52+,53-,59+/m1/s1. The molecule has 76 heavy (non-hydrogen) atoms. The molecule has 5 atom stereocenters. The predicted octanol–water partition coefficient (Wildman–Crippen LogP) is 7.68. The Morgan fingerprint density at radius 2 is 1.25 bits per heavy atom. The number of halogens is 1. The molecule has 3 spiro atoms. The number of para-hydroxylation sites is 2. The molecule has 1 aromatic heterocycles. The van der Waals surface area contributed by atoms with E-state index in [4.69, 9.17) is 4.74 Å². The lowest BCUT2D eigenvalue weighted by Crippen LogP contribution is -2.55. The van der Waals surface area contributed by atoms with Crippen molar-refractivity contribution in [1.29, 1.82) is 0 Å². The number of piperidine rings is 2. The van der Waals surface area contributed by atoms with E-state index in [0.29, 0.717) is 87.7 Å². The number of fused-ring (bicyclic) bond motifs is 2. The van der Waals surface area contributed by atoms with Gasteiger partial charge in [-0.25, -0.2) is 0 Å². The summed E-state index contributed by atoms with van der Waals surface area (Å²) in [6.45, 7) is 9.46. The van der Waals surface area contributed by atoms with Crippen molar-refractivity contribution in [3.63, 3.8) is 0 Å². The van der Waals surface area contributed by atoms with Gasteiger partial charge in [-0.05, 0) is 137 Å². The van der Waals surface area contributed by atoms with Crippen LogP contribution in [0, 0.1) is 5.92 Å². The van der Waals surface area contributed by atoms with Crippen molar-refractivity contribution in [3.05, 3.63) is 162 Å². The number of ether oxygens (including phenoxy) is 1. The van der Waals surface area contributed by atoms with E-state index in [9.17, 15) is 9.90 Å². The minimum atomic E-state index is -3.57. The highest BCUT2D eigenvalue weighted by atomic mass is 28.4. The number of anilines is 5. The Labute approximate surface area is 444 Å². The second kappa shape index (κ2) is 19.7. The van der Waals surface area contributed by atoms with Crippen molar-refractivity contribution in [2.75, 3.05) is 70.6 Å². The Balaban J connectivity index is 0.884. The van der Waals surface area contributed by atoms with Gasteiger partial charge in [0.15, 0.2) is 5.60 Å². The number of aliphatic hydroxyl groups is 1. The molecule has 5 fully saturated rings. The fraction of sp³-hybridized carbons (Fsp3) is 0.407. The summed E-state index contributed by atoms with van der Waals surface area (Å²) in [4.78, 5) is 55.5. The highest BCUT2D eigenvalue weighted by Crippen LogP contribution is 2.61. The topological polar surface area (TPSA) is 152 Å². The summed E-state index contributed by atoms with van der Waals surface area (Å²) in [5, 5.41) is 26.2. The van der Waals surface area contributed by atoms with Crippen LogP contribution in [0.15, 0.2) is 140 Å². The van der Waals surface area contributed by atoms with E-state index >= 15 is 13.7 Å². The average Bonchev–Trinajstić information content (AvgIpc) is 4.43. The molecule has 12 rings (SSSR count). The lowest BCUT2D eigenvalue weighted by molar-refractivity contribution is -0.146. The molecule has 1 unspecified atom stereocenters. The number of aromatic nitrogens is 3. The van der Waals surface area contributed by atoms with Crippen molar-refractivity contribution >= 4 is 54.6 Å². The molecule has 5 saturated heterocycles. The number of carbonyl (C=O) groups excluding carboxylic acids is 3. The number of amides is 3. The number of aryl methyl sites for hydroxylation is 1. The first kappa shape index (κ1) is 50.1. The summed E-state index contributed by atoms with van der Waals surface area (Å²) in [7, 11) is -3.57. The fourth-order valence-electron chi connectivity index (χ4n) is 13.8. The Kier molecular flexibility index (Phi) is 13.0. The fourth-order valence-corrected chi connectivity index (χ4v) is 16.4. The van der Waals surface area contributed by atoms with Crippen molar-refractivity contribution in [1.82, 2.24) is 25.6 Å². The number of rotatable bonds is 13. The number of benzene rings is 5. The lowest BCUT2D eigenvalue weighted by Gasteiger charge is -2.39. The molecule has 6 aromatic rings. The molecule has 394 valence electrons. The van der Waals surface area contributed by atoms with Gasteiger partial charge in [-0.1, -0.05) is 91.0 Å². The molecule has 3 N–H and O–H groups in total. The summed E-state index contributed by atoms with van der Waals surface area (Å²) in [5.41, 5.74) is 3.57. The van der Waals surface area contributed by atoms with Gasteiger partial charge in [-0.2, -0.15) is 0 Å². The predicted molar refractivity (Wildman–Crippen MR) is 294 cm³/mol. The normalized spacial score (nSPS) is 24.5. The Morgan fingerprint density at radius 1 is 0.711 bits per heavy atom. The van der Waals surface area contributed by atoms with Crippen molar-refractivity contribution < 1.29 is 28.3 Å². The van der Waals surface area contributed by atoms with Crippen LogP contribution in [0.25, 0.3) is 0 Å². The average molecular weight is 1040 g/mol. The molecule has 17 heteroatoms. The zero-order chi connectivity index (χ0) is 52.4. The van der Waals surface area contributed by atoms with Gasteiger partial charge < -0.3 is 39.3 Å². The van der Waals surface area contributed by atoms with E-state index in [-0.39, 0.29) is 36.8 Å². The first-order chi connectivity index (χ1) is 36.9. The molecule has 3 amide bonds. The minimum Gasteiger partial charge on any atom is -0.395 e. The third kappa shape index (κ3) is 8.24. The van der Waals surface area contributed by atoms with Crippen LogP contribution in [0.1, 0.15) is 67.3 Å². The highest BCUT2D eigenvalue weighted by Gasteiger charge is 2.67. The molecular weight excluding hydrogens is 976 g/mol. The van der Waals surface area contributed by atoms with Gasteiger partial charge in [0.25, 0.3) is 17.7 Å². The van der Waals surface area contributed by atoms with Crippen LogP contribution >= 0.6 is 0 Å². The van der Waals surface area contributed by atoms with E-state index in [1.165, 1.54) is 0 Å². The Morgan fingerprint density at radius 3 is 1.80 bits per heavy atom. The molecular formula is C59H67FN10O5Si. The lowest BCUT2D eigenvalue weighted by atomic mass is 9.82. The molecule has 6 aliphatic rings. The van der Waals surface area contributed by atoms with E-state index in [1.54, 1.807) is 22.7 Å². The van der Waals surface area contributed by atoms with Gasteiger partial charge in [-0.15, -0.1) is 5.10 Å². The second-order valence-electron chi connectivity index (χ2n) is 22.2. The van der Waals surface area contributed by atoms with Gasteiger partial charge in [0.05, 0.1) is 49.9 Å². The van der Waals surface area contributed by atoms with Crippen LogP contribution in [0.5, 0.6) is 0 Å². The third-order valence-corrected chi connectivity index (χ3v) is 20.1. The molecule has 0 radical (unpaired) electrons. The van der Waals surface area contributed by atoms with Gasteiger partial charge in [-0.3, -0.25) is 28.9 Å². The molecule has 0 bridgehead atoms. The Bertz CT molecular complexity index is 3100. The van der Waals surface area contributed by atoms with Crippen molar-refractivity contribution in [2.24, 2.45) is 5.92 Å². The van der Waals surface area contributed by atoms with Crippen LogP contribution in [-0.2, 0) is 37.8 Å². The zero-order valence-electron chi connectivity index (χ0n) is 43.5. The summed E-state index contributed by atoms with van der Waals surface area (Å²) in [6.07, 6.45) is 4.23. The molecule has 7 heterocycles. The number of nitrogens with one attached hydrogen (secondary N) is 2. The van der Waals surface area contributed by atoms with Crippen LogP contribution in [0.3, 0.4) is 0 Å². The molecule has 6 aliphatic heterocycles. The van der Waals surface area contributed by atoms with Gasteiger partial charge in [0, 0.05) is 52.5 Å².